The van der Waals surface area contributed by atoms with E-state index in [-0.39, 0.29) is 5.75 Å². The summed E-state index contributed by atoms with van der Waals surface area (Å²) in [6.45, 7) is 0. The number of aryl methyl sites for hydroxylation is 1. The maximum atomic E-state index is 9.65. The van der Waals surface area contributed by atoms with Crippen molar-refractivity contribution in [1.82, 2.24) is 19.7 Å². The highest BCUT2D eigenvalue weighted by atomic mass is 16.5. The van der Waals surface area contributed by atoms with E-state index in [9.17, 15) is 5.11 Å². The molecule has 0 aliphatic rings. The first-order valence-corrected chi connectivity index (χ1v) is 5.92. The van der Waals surface area contributed by atoms with E-state index in [1.165, 1.54) is 13.4 Å². The molecule has 0 aliphatic heterocycles. The number of hydrogen-bond acceptors (Lipinski definition) is 6. The van der Waals surface area contributed by atoms with E-state index in [1.54, 1.807) is 29.9 Å². The number of aromatic hydroxyl groups is 1. The van der Waals surface area contributed by atoms with E-state index in [1.807, 2.05) is 0 Å². The Morgan fingerprint density at radius 3 is 2.85 bits per heavy atom. The van der Waals surface area contributed by atoms with Gasteiger partial charge in [0.05, 0.1) is 12.5 Å². The van der Waals surface area contributed by atoms with Gasteiger partial charge in [0.1, 0.15) is 17.8 Å². The number of hydrogen-bond donors (Lipinski definition) is 2. The molecule has 7 heteroatoms. The SMILES string of the molecule is COc1cc(-c2nn(C)c3ncnc(N)c23)ccc1O. The minimum absolute atomic E-state index is 0.0701. The number of benzene rings is 1. The number of aromatic nitrogens is 4. The number of nitrogens with zero attached hydrogens (tertiary/aromatic N) is 4. The number of phenolic OH excluding ortho intramolecular Hbond substituents is 1. The largest absolute Gasteiger partial charge is 0.504 e. The Kier molecular flexibility index (Phi) is 2.67. The van der Waals surface area contributed by atoms with Crippen molar-refractivity contribution in [3.8, 4) is 22.8 Å². The van der Waals surface area contributed by atoms with E-state index in [2.05, 4.69) is 15.1 Å². The second kappa shape index (κ2) is 4.37. The van der Waals surface area contributed by atoms with Crippen LogP contribution < -0.4 is 10.5 Å². The van der Waals surface area contributed by atoms with Gasteiger partial charge in [0.15, 0.2) is 17.1 Å². The van der Waals surface area contributed by atoms with E-state index in [0.29, 0.717) is 28.3 Å². The van der Waals surface area contributed by atoms with Crippen molar-refractivity contribution in [3.63, 3.8) is 0 Å². The predicted octanol–water partition coefficient (Wildman–Crippen LogP) is 1.33. The zero-order valence-electron chi connectivity index (χ0n) is 11.0. The fraction of sp³-hybridized carbons (Fsp3) is 0.154. The second-order valence-electron chi connectivity index (χ2n) is 4.32. The van der Waals surface area contributed by atoms with E-state index in [0.717, 1.165) is 5.56 Å². The quantitative estimate of drug-likeness (QED) is 0.729. The van der Waals surface area contributed by atoms with Crippen LogP contribution >= 0.6 is 0 Å². The molecule has 0 saturated heterocycles. The molecule has 3 rings (SSSR count). The van der Waals surface area contributed by atoms with Crippen LogP contribution in [0.1, 0.15) is 0 Å². The first-order valence-electron chi connectivity index (χ1n) is 5.92. The molecule has 0 saturated carbocycles. The van der Waals surface area contributed by atoms with Gasteiger partial charge in [-0.3, -0.25) is 0 Å². The highest BCUT2D eigenvalue weighted by Gasteiger charge is 2.16. The maximum absolute atomic E-state index is 9.65. The lowest BCUT2D eigenvalue weighted by atomic mass is 10.1. The average molecular weight is 271 g/mol. The van der Waals surface area contributed by atoms with Gasteiger partial charge in [-0.1, -0.05) is 0 Å². The third kappa shape index (κ3) is 1.71. The Balaban J connectivity index is 2.30. The lowest BCUT2D eigenvalue weighted by Gasteiger charge is -2.05. The van der Waals surface area contributed by atoms with Gasteiger partial charge in [-0.25, -0.2) is 14.6 Å². The summed E-state index contributed by atoms with van der Waals surface area (Å²) in [6, 6.07) is 4.99. The molecule has 0 amide bonds. The minimum Gasteiger partial charge on any atom is -0.504 e. The van der Waals surface area contributed by atoms with Gasteiger partial charge in [0.25, 0.3) is 0 Å². The standard InChI is InChI=1S/C13H13N5O2/c1-18-13-10(12(14)15-6-16-13)11(17-18)7-3-4-8(19)9(5-7)20-2/h3-6,19H,1-2H3,(H2,14,15,16). The third-order valence-corrected chi connectivity index (χ3v) is 3.10. The summed E-state index contributed by atoms with van der Waals surface area (Å²) in [5, 5.41) is 14.8. The Bertz CT molecular complexity index is 797. The van der Waals surface area contributed by atoms with Crippen LogP contribution in [0, 0.1) is 0 Å². The predicted molar refractivity (Wildman–Crippen MR) is 74.4 cm³/mol. The number of methoxy groups -OCH3 is 1. The van der Waals surface area contributed by atoms with Crippen LogP contribution in [-0.4, -0.2) is 32.0 Å². The third-order valence-electron chi connectivity index (χ3n) is 3.10. The number of nitrogens with two attached hydrogens (primary N) is 1. The molecule has 0 aliphatic carbocycles. The summed E-state index contributed by atoms with van der Waals surface area (Å²) in [6.07, 6.45) is 1.40. The fourth-order valence-electron chi connectivity index (χ4n) is 2.14. The molecule has 0 unspecified atom stereocenters. The molecule has 0 radical (unpaired) electrons. The van der Waals surface area contributed by atoms with Gasteiger partial charge < -0.3 is 15.6 Å². The fourth-order valence-corrected chi connectivity index (χ4v) is 2.14. The molecule has 0 atom stereocenters. The van der Waals surface area contributed by atoms with Gasteiger partial charge in [-0.05, 0) is 18.2 Å². The molecule has 0 spiro atoms. The zero-order valence-corrected chi connectivity index (χ0v) is 11.0. The molecule has 0 fully saturated rings. The normalized spacial score (nSPS) is 10.9. The summed E-state index contributed by atoms with van der Waals surface area (Å²) in [4.78, 5) is 8.18. The van der Waals surface area contributed by atoms with Crippen LogP contribution in [0.25, 0.3) is 22.3 Å². The summed E-state index contributed by atoms with van der Waals surface area (Å²) in [7, 11) is 3.28. The van der Waals surface area contributed by atoms with Crippen LogP contribution in [0.2, 0.25) is 0 Å². The number of phenols is 1. The molecular weight excluding hydrogens is 258 g/mol. The zero-order chi connectivity index (χ0) is 14.3. The lowest BCUT2D eigenvalue weighted by molar-refractivity contribution is 0.373. The molecule has 20 heavy (non-hydrogen) atoms. The van der Waals surface area contributed by atoms with Crippen molar-refractivity contribution >= 4 is 16.9 Å². The number of ether oxygens (including phenoxy) is 1. The van der Waals surface area contributed by atoms with E-state index >= 15 is 0 Å². The summed E-state index contributed by atoms with van der Waals surface area (Å²) < 4.78 is 6.75. The van der Waals surface area contributed by atoms with Crippen molar-refractivity contribution in [2.24, 2.45) is 7.05 Å². The van der Waals surface area contributed by atoms with Gasteiger partial charge in [0.2, 0.25) is 0 Å². The van der Waals surface area contributed by atoms with Gasteiger partial charge in [0, 0.05) is 12.6 Å². The van der Waals surface area contributed by atoms with Crippen molar-refractivity contribution in [2.75, 3.05) is 12.8 Å². The molecule has 102 valence electrons. The molecule has 2 aromatic heterocycles. The first kappa shape index (κ1) is 12.2. The van der Waals surface area contributed by atoms with Crippen LogP contribution in [0.5, 0.6) is 11.5 Å². The molecule has 7 nitrogen and oxygen atoms in total. The number of anilines is 1. The van der Waals surface area contributed by atoms with Crippen LogP contribution in [0.15, 0.2) is 24.5 Å². The minimum atomic E-state index is 0.0701. The average Bonchev–Trinajstić information content (AvgIpc) is 2.78. The number of rotatable bonds is 2. The summed E-state index contributed by atoms with van der Waals surface area (Å²) >= 11 is 0. The van der Waals surface area contributed by atoms with Crippen LogP contribution in [0.3, 0.4) is 0 Å². The molecule has 2 heterocycles. The number of nitrogen functional groups attached to an aromatic ring is 1. The molecular formula is C13H13N5O2. The molecule has 0 bridgehead atoms. The van der Waals surface area contributed by atoms with Crippen LogP contribution in [0.4, 0.5) is 5.82 Å². The topological polar surface area (TPSA) is 99.1 Å². The highest BCUT2D eigenvalue weighted by molar-refractivity contribution is 5.98. The summed E-state index contributed by atoms with van der Waals surface area (Å²) in [5.74, 6) is 0.808. The summed E-state index contributed by atoms with van der Waals surface area (Å²) in [5.41, 5.74) is 8.00. The lowest BCUT2D eigenvalue weighted by Crippen LogP contribution is -1.95. The van der Waals surface area contributed by atoms with Crippen molar-refractivity contribution in [2.45, 2.75) is 0 Å². The molecule has 3 N–H and O–H groups in total. The Hall–Kier alpha value is -2.83. The van der Waals surface area contributed by atoms with Crippen molar-refractivity contribution in [3.05, 3.63) is 24.5 Å². The molecule has 3 aromatic rings. The van der Waals surface area contributed by atoms with Gasteiger partial charge in [-0.2, -0.15) is 5.10 Å². The van der Waals surface area contributed by atoms with Gasteiger partial charge >= 0.3 is 0 Å². The Labute approximate surface area is 114 Å². The van der Waals surface area contributed by atoms with E-state index in [4.69, 9.17) is 10.5 Å². The van der Waals surface area contributed by atoms with Crippen molar-refractivity contribution in [1.29, 1.82) is 0 Å². The first-order chi connectivity index (χ1) is 9.61. The van der Waals surface area contributed by atoms with Crippen LogP contribution in [-0.2, 0) is 7.05 Å². The highest BCUT2D eigenvalue weighted by Crippen LogP contribution is 2.34. The Morgan fingerprint density at radius 1 is 1.30 bits per heavy atom. The number of fused-ring (bicyclic) bond motifs is 1. The second-order valence-corrected chi connectivity index (χ2v) is 4.32. The monoisotopic (exact) mass is 271 g/mol. The van der Waals surface area contributed by atoms with E-state index < -0.39 is 0 Å². The Morgan fingerprint density at radius 2 is 2.10 bits per heavy atom. The van der Waals surface area contributed by atoms with Gasteiger partial charge in [-0.15, -0.1) is 0 Å². The smallest absolute Gasteiger partial charge is 0.163 e. The maximum Gasteiger partial charge on any atom is 0.163 e. The molecule has 1 aromatic carbocycles. The van der Waals surface area contributed by atoms with Crippen molar-refractivity contribution < 1.29 is 9.84 Å².